The molecule has 0 aliphatic carbocycles. The molecule has 1 fully saturated rings. The van der Waals surface area contributed by atoms with Crippen LogP contribution in [0.1, 0.15) is 24.6 Å². The van der Waals surface area contributed by atoms with Gasteiger partial charge in [0.1, 0.15) is 0 Å². The Kier molecular flexibility index (Phi) is 4.98. The van der Waals surface area contributed by atoms with E-state index in [-0.39, 0.29) is 18.0 Å². The molecular formula is C10H18ClN3OS. The van der Waals surface area contributed by atoms with E-state index in [2.05, 4.69) is 17.2 Å². The molecule has 16 heavy (non-hydrogen) atoms. The van der Waals surface area contributed by atoms with Crippen LogP contribution in [-0.4, -0.2) is 23.7 Å². The maximum absolute atomic E-state index is 5.68. The lowest BCUT2D eigenvalue weighted by Gasteiger charge is -2.23. The summed E-state index contributed by atoms with van der Waals surface area (Å²) in [6.07, 6.45) is 4.14. The van der Waals surface area contributed by atoms with Crippen molar-refractivity contribution in [2.24, 2.45) is 0 Å². The van der Waals surface area contributed by atoms with E-state index >= 15 is 0 Å². The lowest BCUT2D eigenvalue weighted by atomic mass is 10.0. The van der Waals surface area contributed by atoms with Crippen LogP contribution in [0.25, 0.3) is 0 Å². The minimum Gasteiger partial charge on any atom is -0.375 e. The normalized spacial score (nSPS) is 24.3. The van der Waals surface area contributed by atoms with Gasteiger partial charge in [-0.3, -0.25) is 0 Å². The fourth-order valence-electron chi connectivity index (χ4n) is 1.83. The quantitative estimate of drug-likeness (QED) is 0.870. The molecule has 4 nitrogen and oxygen atoms in total. The van der Waals surface area contributed by atoms with Gasteiger partial charge in [0.2, 0.25) is 0 Å². The second kappa shape index (κ2) is 5.82. The van der Waals surface area contributed by atoms with Crippen molar-refractivity contribution in [1.82, 2.24) is 10.3 Å². The summed E-state index contributed by atoms with van der Waals surface area (Å²) in [5, 5.41) is 4.02. The zero-order valence-electron chi connectivity index (χ0n) is 9.36. The van der Waals surface area contributed by atoms with Crippen molar-refractivity contribution < 1.29 is 4.74 Å². The largest absolute Gasteiger partial charge is 0.375 e. The van der Waals surface area contributed by atoms with Crippen molar-refractivity contribution in [1.29, 1.82) is 0 Å². The molecule has 6 heteroatoms. The molecule has 2 rings (SSSR count). The number of nitrogens with zero attached hydrogens (tertiary/aromatic N) is 1. The minimum atomic E-state index is 0. The van der Waals surface area contributed by atoms with Crippen molar-refractivity contribution in [2.45, 2.75) is 31.9 Å². The Balaban J connectivity index is 0.00000128. The minimum absolute atomic E-state index is 0. The van der Waals surface area contributed by atoms with E-state index in [9.17, 15) is 0 Å². The molecule has 1 aromatic rings. The van der Waals surface area contributed by atoms with E-state index in [4.69, 9.17) is 10.5 Å². The van der Waals surface area contributed by atoms with E-state index < -0.39 is 0 Å². The van der Waals surface area contributed by atoms with Crippen molar-refractivity contribution in [2.75, 3.05) is 18.9 Å². The monoisotopic (exact) mass is 263 g/mol. The van der Waals surface area contributed by atoms with Crippen LogP contribution < -0.4 is 11.1 Å². The third-order valence-electron chi connectivity index (χ3n) is 2.67. The third-order valence-corrected chi connectivity index (χ3v) is 3.50. The van der Waals surface area contributed by atoms with Crippen molar-refractivity contribution in [3.63, 3.8) is 0 Å². The predicted octanol–water partition coefficient (Wildman–Crippen LogP) is 1.81. The fraction of sp³-hybridized carbons (Fsp3) is 0.700. The van der Waals surface area contributed by atoms with E-state index in [1.807, 2.05) is 6.20 Å². The molecule has 1 unspecified atom stereocenters. The summed E-state index contributed by atoms with van der Waals surface area (Å²) < 4.78 is 5.68. The number of nitrogens with one attached hydrogen (secondary N) is 1. The highest BCUT2D eigenvalue weighted by Crippen LogP contribution is 2.24. The average molecular weight is 264 g/mol. The van der Waals surface area contributed by atoms with Crippen molar-refractivity contribution >= 4 is 28.9 Å². The molecule has 0 saturated carbocycles. The van der Waals surface area contributed by atoms with Gasteiger partial charge in [0.15, 0.2) is 5.13 Å². The van der Waals surface area contributed by atoms with Crippen LogP contribution in [0.5, 0.6) is 0 Å². The first-order chi connectivity index (χ1) is 7.18. The fourth-order valence-corrected chi connectivity index (χ4v) is 2.48. The van der Waals surface area contributed by atoms with Crippen LogP contribution in [0.15, 0.2) is 6.20 Å². The van der Waals surface area contributed by atoms with Crippen LogP contribution in [-0.2, 0) is 11.3 Å². The van der Waals surface area contributed by atoms with Crippen LogP contribution in [0.3, 0.4) is 0 Å². The molecule has 1 aromatic heterocycles. The van der Waals surface area contributed by atoms with Crippen LogP contribution in [0.2, 0.25) is 0 Å². The van der Waals surface area contributed by atoms with Crippen molar-refractivity contribution in [3.05, 3.63) is 11.1 Å². The molecule has 1 aliphatic rings. The van der Waals surface area contributed by atoms with Gasteiger partial charge in [0.25, 0.3) is 0 Å². The van der Waals surface area contributed by atoms with Gasteiger partial charge < -0.3 is 15.8 Å². The van der Waals surface area contributed by atoms with Gasteiger partial charge in [-0.2, -0.15) is 0 Å². The van der Waals surface area contributed by atoms with Gasteiger partial charge in [0.05, 0.1) is 5.60 Å². The molecule has 0 spiro atoms. The predicted molar refractivity (Wildman–Crippen MR) is 69.1 cm³/mol. The topological polar surface area (TPSA) is 60.2 Å². The lowest BCUT2D eigenvalue weighted by Crippen LogP contribution is -2.36. The highest BCUT2D eigenvalue weighted by molar-refractivity contribution is 7.15. The molecule has 92 valence electrons. The molecule has 1 aliphatic heterocycles. The van der Waals surface area contributed by atoms with Crippen LogP contribution in [0.4, 0.5) is 5.13 Å². The molecule has 1 saturated heterocycles. The molecule has 0 aromatic carbocycles. The second-order valence-electron chi connectivity index (χ2n) is 4.17. The SMILES string of the molecule is CC1(CNCc2cnc(N)s2)CCCO1.Cl. The molecule has 0 amide bonds. The van der Waals surface area contributed by atoms with Gasteiger partial charge in [-0.15, -0.1) is 23.7 Å². The number of nitrogens with two attached hydrogens (primary N) is 1. The van der Waals surface area contributed by atoms with Gasteiger partial charge in [-0.25, -0.2) is 4.98 Å². The van der Waals surface area contributed by atoms with Gasteiger partial charge in [-0.05, 0) is 19.8 Å². The average Bonchev–Trinajstić information content (AvgIpc) is 2.76. The summed E-state index contributed by atoms with van der Waals surface area (Å²) in [7, 11) is 0. The first-order valence-electron chi connectivity index (χ1n) is 5.23. The number of nitrogen functional groups attached to an aromatic ring is 1. The summed E-state index contributed by atoms with van der Waals surface area (Å²) in [5.41, 5.74) is 5.58. The first-order valence-corrected chi connectivity index (χ1v) is 6.04. The zero-order chi connectivity index (χ0) is 10.7. The first kappa shape index (κ1) is 13.7. The third kappa shape index (κ3) is 3.59. The number of rotatable bonds is 4. The number of halogens is 1. The Hall–Kier alpha value is -0.360. The standard InChI is InChI=1S/C10H17N3OS.ClH/c1-10(3-2-4-14-10)7-12-5-8-6-13-9(11)15-8;/h6,12H,2-5,7H2,1H3,(H2,11,13);1H. The maximum atomic E-state index is 5.68. The Morgan fingerprint density at radius 2 is 2.50 bits per heavy atom. The summed E-state index contributed by atoms with van der Waals surface area (Å²) in [6.45, 7) is 4.78. The summed E-state index contributed by atoms with van der Waals surface area (Å²) in [6, 6.07) is 0. The number of ether oxygens (including phenoxy) is 1. The highest BCUT2D eigenvalue weighted by atomic mass is 35.5. The number of thiazole rings is 1. The maximum Gasteiger partial charge on any atom is 0.180 e. The summed E-state index contributed by atoms with van der Waals surface area (Å²) >= 11 is 1.53. The number of hydrogen-bond donors (Lipinski definition) is 2. The Morgan fingerprint density at radius 1 is 1.69 bits per heavy atom. The van der Waals surface area contributed by atoms with Gasteiger partial charge in [-0.1, -0.05) is 0 Å². The number of hydrogen-bond acceptors (Lipinski definition) is 5. The molecule has 1 atom stereocenters. The van der Waals surface area contributed by atoms with E-state index in [1.54, 1.807) is 0 Å². The zero-order valence-corrected chi connectivity index (χ0v) is 11.0. The lowest BCUT2D eigenvalue weighted by molar-refractivity contribution is 0.0207. The Bertz CT molecular complexity index is 326. The molecule has 3 N–H and O–H groups in total. The van der Waals surface area contributed by atoms with Crippen LogP contribution >= 0.6 is 23.7 Å². The van der Waals surface area contributed by atoms with Gasteiger partial charge >= 0.3 is 0 Å². The summed E-state index contributed by atoms with van der Waals surface area (Å²) in [4.78, 5) is 5.18. The van der Waals surface area contributed by atoms with E-state index in [1.165, 1.54) is 22.6 Å². The van der Waals surface area contributed by atoms with Crippen molar-refractivity contribution in [3.8, 4) is 0 Å². The molecule has 2 heterocycles. The van der Waals surface area contributed by atoms with Gasteiger partial charge in [0, 0.05) is 30.8 Å². The molecule has 0 bridgehead atoms. The molecular weight excluding hydrogens is 246 g/mol. The summed E-state index contributed by atoms with van der Waals surface area (Å²) in [5.74, 6) is 0. The number of aromatic nitrogens is 1. The van der Waals surface area contributed by atoms with E-state index in [0.717, 1.165) is 26.1 Å². The Labute approximate surface area is 106 Å². The van der Waals surface area contributed by atoms with Crippen LogP contribution in [0, 0.1) is 0 Å². The number of anilines is 1. The molecule has 0 radical (unpaired) electrons. The highest BCUT2D eigenvalue weighted by Gasteiger charge is 2.28. The second-order valence-corrected chi connectivity index (χ2v) is 5.32. The Morgan fingerprint density at radius 3 is 3.06 bits per heavy atom. The smallest absolute Gasteiger partial charge is 0.180 e. The van der Waals surface area contributed by atoms with E-state index in [0.29, 0.717) is 5.13 Å².